The van der Waals surface area contributed by atoms with E-state index in [9.17, 15) is 14.6 Å². The van der Waals surface area contributed by atoms with Crippen LogP contribution in [-0.4, -0.2) is 34.1 Å². The molecule has 8 nitrogen and oxygen atoms in total. The lowest BCUT2D eigenvalue weighted by Crippen LogP contribution is -2.27. The highest BCUT2D eigenvalue weighted by Crippen LogP contribution is 2.57. The molecule has 0 radical (unpaired) electrons. The Labute approximate surface area is 238 Å². The fourth-order valence-corrected chi connectivity index (χ4v) is 7.66. The van der Waals surface area contributed by atoms with E-state index in [1.807, 2.05) is 23.3 Å². The van der Waals surface area contributed by atoms with E-state index in [1.54, 1.807) is 12.4 Å². The van der Waals surface area contributed by atoms with Gasteiger partial charge in [-0.2, -0.15) is 5.10 Å². The summed E-state index contributed by atoms with van der Waals surface area (Å²) >= 11 is 5.93. The third-order valence-corrected chi connectivity index (χ3v) is 9.39. The molecular formula is C30H36ClFN6O2. The highest BCUT2D eigenvalue weighted by molar-refractivity contribution is 6.31. The number of nitrogens with zero attached hydrogens (tertiary/aromatic N) is 5. The quantitative estimate of drug-likeness (QED) is 0.266. The molecule has 2 aliphatic carbocycles. The summed E-state index contributed by atoms with van der Waals surface area (Å²) in [5.74, 6) is 1.24. The number of benzene rings is 1. The van der Waals surface area contributed by atoms with Crippen molar-refractivity contribution in [3.05, 3.63) is 81.5 Å². The van der Waals surface area contributed by atoms with Gasteiger partial charge in [-0.1, -0.05) is 11.6 Å². The van der Waals surface area contributed by atoms with Crippen molar-refractivity contribution in [2.24, 2.45) is 25.9 Å². The van der Waals surface area contributed by atoms with E-state index < -0.39 is 17.6 Å². The first kappa shape index (κ1) is 27.1. The number of aliphatic hydroxyl groups is 2. The van der Waals surface area contributed by atoms with Crippen molar-refractivity contribution in [1.82, 2.24) is 23.9 Å². The van der Waals surface area contributed by atoms with Gasteiger partial charge in [0.2, 0.25) is 0 Å². The maximum Gasteiger partial charge on any atom is 0.167 e. The minimum Gasteiger partial charge on any atom is -0.384 e. The normalized spacial score (nSPS) is 25.0. The number of aromatic nitrogens is 5. The molecule has 2 aliphatic rings. The first-order valence-corrected chi connectivity index (χ1v) is 14.2. The molecule has 0 amide bonds. The van der Waals surface area contributed by atoms with Crippen LogP contribution in [0.3, 0.4) is 0 Å². The number of nitrogens with one attached hydrogen (secondary N) is 1. The van der Waals surface area contributed by atoms with Gasteiger partial charge in [0.05, 0.1) is 28.4 Å². The lowest BCUT2D eigenvalue weighted by atomic mass is 9.88. The topological polar surface area (TPSA) is 93.1 Å². The molecule has 1 aromatic carbocycles. The number of fused-ring (bicyclic) bond motifs is 1. The van der Waals surface area contributed by atoms with Gasteiger partial charge in [-0.15, -0.1) is 0 Å². The van der Waals surface area contributed by atoms with Crippen LogP contribution in [-0.2, 0) is 19.7 Å². The van der Waals surface area contributed by atoms with Crippen LogP contribution < -0.4 is 5.32 Å². The Kier molecular flexibility index (Phi) is 6.59. The molecule has 6 rings (SSSR count). The second-order valence-electron chi connectivity index (χ2n) is 11.8. The molecule has 3 N–H and O–H groups in total. The molecule has 3 aromatic heterocycles. The summed E-state index contributed by atoms with van der Waals surface area (Å²) in [6, 6.07) is 8.46. The summed E-state index contributed by atoms with van der Waals surface area (Å²) < 4.78 is 19.4. The second-order valence-corrected chi connectivity index (χ2v) is 12.2. The number of halogens is 2. The van der Waals surface area contributed by atoms with Gasteiger partial charge in [0.1, 0.15) is 11.4 Å². The molecule has 4 aromatic rings. The van der Waals surface area contributed by atoms with Gasteiger partial charge in [0.15, 0.2) is 12.0 Å². The molecule has 0 spiro atoms. The number of hydrogen-bond donors (Lipinski definition) is 3. The summed E-state index contributed by atoms with van der Waals surface area (Å²) in [5, 5.41) is 31.0. The SMILES string of the molecule is Cc1c(-n2c(C)ccc2C)nn(C)c1C1(O)CC2CC(c3ncn(C)c3C(O)Nc3ccc(F)c(Cl)c3)CC2C1. The highest BCUT2D eigenvalue weighted by Gasteiger charge is 2.52. The summed E-state index contributed by atoms with van der Waals surface area (Å²) in [7, 11) is 3.79. The Hall–Kier alpha value is -3.14. The maximum atomic E-state index is 13.6. The van der Waals surface area contributed by atoms with Gasteiger partial charge < -0.3 is 24.7 Å². The van der Waals surface area contributed by atoms with E-state index >= 15 is 0 Å². The first-order chi connectivity index (χ1) is 19.0. The predicted octanol–water partition coefficient (Wildman–Crippen LogP) is 5.56. The van der Waals surface area contributed by atoms with Crippen molar-refractivity contribution < 1.29 is 14.6 Å². The predicted molar refractivity (Wildman–Crippen MR) is 152 cm³/mol. The molecule has 3 unspecified atom stereocenters. The van der Waals surface area contributed by atoms with Gasteiger partial charge in [-0.3, -0.25) is 4.68 Å². The summed E-state index contributed by atoms with van der Waals surface area (Å²) in [4.78, 5) is 4.69. The number of hydrogen-bond acceptors (Lipinski definition) is 5. The molecule has 0 bridgehead atoms. The smallest absolute Gasteiger partial charge is 0.167 e. The van der Waals surface area contributed by atoms with Gasteiger partial charge >= 0.3 is 0 Å². The first-order valence-electron chi connectivity index (χ1n) is 13.8. The van der Waals surface area contributed by atoms with Crippen molar-refractivity contribution in [2.75, 3.05) is 5.32 Å². The van der Waals surface area contributed by atoms with E-state index in [1.165, 1.54) is 12.1 Å². The Bertz CT molecular complexity index is 1560. The highest BCUT2D eigenvalue weighted by atomic mass is 35.5. The van der Waals surface area contributed by atoms with Crippen LogP contribution in [0.15, 0.2) is 36.7 Å². The fourth-order valence-electron chi connectivity index (χ4n) is 7.48. The third-order valence-electron chi connectivity index (χ3n) is 9.10. The maximum absolute atomic E-state index is 13.6. The molecule has 3 heterocycles. The van der Waals surface area contributed by atoms with Crippen LogP contribution >= 0.6 is 11.6 Å². The number of aliphatic hydroxyl groups excluding tert-OH is 1. The zero-order chi connectivity index (χ0) is 28.5. The van der Waals surface area contributed by atoms with Crippen LogP contribution in [0, 0.1) is 38.4 Å². The van der Waals surface area contributed by atoms with Crippen LogP contribution in [0.2, 0.25) is 5.02 Å². The van der Waals surface area contributed by atoms with E-state index in [-0.39, 0.29) is 10.9 Å². The Morgan fingerprint density at radius 3 is 2.35 bits per heavy atom. The summed E-state index contributed by atoms with van der Waals surface area (Å²) in [6.45, 7) is 6.21. The van der Waals surface area contributed by atoms with Crippen molar-refractivity contribution in [3.8, 4) is 5.82 Å². The molecule has 0 aliphatic heterocycles. The zero-order valence-corrected chi connectivity index (χ0v) is 24.2. The summed E-state index contributed by atoms with van der Waals surface area (Å²) in [6.07, 6.45) is 3.84. The lowest BCUT2D eigenvalue weighted by molar-refractivity contribution is 0.0257. The molecular weight excluding hydrogens is 531 g/mol. The van der Waals surface area contributed by atoms with Crippen molar-refractivity contribution in [1.29, 1.82) is 0 Å². The van der Waals surface area contributed by atoms with E-state index in [4.69, 9.17) is 16.7 Å². The van der Waals surface area contributed by atoms with Gasteiger partial charge in [0, 0.05) is 42.7 Å². The van der Waals surface area contributed by atoms with Gasteiger partial charge in [-0.05, 0) is 88.6 Å². The third kappa shape index (κ3) is 4.35. The van der Waals surface area contributed by atoms with E-state index in [0.29, 0.717) is 36.1 Å². The monoisotopic (exact) mass is 566 g/mol. The van der Waals surface area contributed by atoms with E-state index in [0.717, 1.165) is 47.0 Å². The molecule has 3 atom stereocenters. The molecule has 0 saturated heterocycles. The fraction of sp³-hybridized carbons (Fsp3) is 0.467. The van der Waals surface area contributed by atoms with Crippen LogP contribution in [0.1, 0.15) is 71.9 Å². The molecule has 2 saturated carbocycles. The number of anilines is 1. The molecule has 212 valence electrons. The lowest BCUT2D eigenvalue weighted by Gasteiger charge is -2.26. The number of aryl methyl sites for hydroxylation is 4. The number of imidazole rings is 1. The average Bonchev–Trinajstić information content (AvgIpc) is 3.66. The average molecular weight is 567 g/mol. The molecule has 10 heteroatoms. The Morgan fingerprint density at radius 1 is 1.07 bits per heavy atom. The van der Waals surface area contributed by atoms with Crippen molar-refractivity contribution in [2.45, 2.75) is 64.2 Å². The largest absolute Gasteiger partial charge is 0.384 e. The summed E-state index contributed by atoms with van der Waals surface area (Å²) in [5.41, 5.74) is 5.30. The minimum atomic E-state index is -1.03. The van der Waals surface area contributed by atoms with Gasteiger partial charge in [-0.25, -0.2) is 9.37 Å². The minimum absolute atomic E-state index is 0.00653. The molecule has 40 heavy (non-hydrogen) atoms. The zero-order valence-electron chi connectivity index (χ0n) is 23.5. The number of rotatable bonds is 6. The standard InChI is InChI=1S/C30H36ClFN6O2/c1-16-6-7-17(2)38(16)28-18(3)27(37(5)35-28)30(40)13-20-10-19(11-21(20)14-30)25-26(36(4)15-33-25)29(39)34-22-8-9-24(32)23(31)12-22/h6-9,12,15,19-21,29,34,39-40H,10-11,13-14H2,1-5H3. The van der Waals surface area contributed by atoms with Crippen LogP contribution in [0.5, 0.6) is 0 Å². The van der Waals surface area contributed by atoms with Gasteiger partial charge in [0.25, 0.3) is 0 Å². The van der Waals surface area contributed by atoms with E-state index in [2.05, 4.69) is 47.8 Å². The van der Waals surface area contributed by atoms with Crippen LogP contribution in [0.25, 0.3) is 5.82 Å². The second kappa shape index (κ2) is 9.75. The van der Waals surface area contributed by atoms with Crippen molar-refractivity contribution >= 4 is 17.3 Å². The Morgan fingerprint density at radius 2 is 1.73 bits per heavy atom. The molecule has 2 fully saturated rings. The van der Waals surface area contributed by atoms with Crippen LogP contribution in [0.4, 0.5) is 10.1 Å². The van der Waals surface area contributed by atoms with Crippen molar-refractivity contribution in [3.63, 3.8) is 0 Å². The Balaban J connectivity index is 1.21.